The molecule has 19 heavy (non-hydrogen) atoms. The molecule has 1 aromatic carbocycles. The van der Waals surface area contributed by atoms with Crippen molar-refractivity contribution in [2.24, 2.45) is 5.14 Å². The van der Waals surface area contributed by atoms with Gasteiger partial charge in [0, 0.05) is 18.7 Å². The van der Waals surface area contributed by atoms with Gasteiger partial charge < -0.3 is 10.0 Å². The van der Waals surface area contributed by atoms with Crippen LogP contribution in [-0.4, -0.2) is 31.2 Å². The number of nitrogens with zero attached hydrogens (tertiary/aromatic N) is 1. The molecule has 0 aromatic heterocycles. The van der Waals surface area contributed by atoms with E-state index in [0.29, 0.717) is 11.3 Å². The van der Waals surface area contributed by atoms with E-state index < -0.39 is 21.4 Å². The van der Waals surface area contributed by atoms with Crippen molar-refractivity contribution in [3.63, 3.8) is 0 Å². The van der Waals surface area contributed by atoms with Crippen molar-refractivity contribution in [1.82, 2.24) is 0 Å². The minimum absolute atomic E-state index is 0.0565. The van der Waals surface area contributed by atoms with Crippen LogP contribution in [0.3, 0.4) is 0 Å². The average molecular weight is 284 g/mol. The molecule has 2 atom stereocenters. The van der Waals surface area contributed by atoms with Crippen LogP contribution in [0.4, 0.5) is 5.69 Å². The van der Waals surface area contributed by atoms with E-state index in [2.05, 4.69) is 0 Å². The maximum absolute atomic E-state index is 11.9. The molecule has 1 heterocycles. The summed E-state index contributed by atoms with van der Waals surface area (Å²) in [6.07, 6.45) is -0.746. The van der Waals surface area contributed by atoms with Gasteiger partial charge in [-0.3, -0.25) is 4.79 Å². The van der Waals surface area contributed by atoms with Gasteiger partial charge in [-0.2, -0.15) is 0 Å². The predicted molar refractivity (Wildman–Crippen MR) is 70.9 cm³/mol. The summed E-state index contributed by atoms with van der Waals surface area (Å²) in [5.41, 5.74) is 1.25. The average Bonchev–Trinajstić information content (AvgIpc) is 2.71. The summed E-state index contributed by atoms with van der Waals surface area (Å²) in [5, 5.41) is 13.7. The SMILES string of the molecule is CC(O)c1cccc(N2CC(S(N)(=O)=O)CC2=O)c1. The van der Waals surface area contributed by atoms with Gasteiger partial charge in [-0.25, -0.2) is 13.6 Å². The summed E-state index contributed by atoms with van der Waals surface area (Å²) in [5.74, 6) is -0.276. The number of primary sulfonamides is 1. The van der Waals surface area contributed by atoms with Crippen molar-refractivity contribution in [2.75, 3.05) is 11.4 Å². The monoisotopic (exact) mass is 284 g/mol. The zero-order chi connectivity index (χ0) is 14.2. The number of sulfonamides is 1. The van der Waals surface area contributed by atoms with Gasteiger partial charge in [0.05, 0.1) is 6.10 Å². The second kappa shape index (κ2) is 4.92. The Morgan fingerprint density at radius 3 is 2.68 bits per heavy atom. The quantitative estimate of drug-likeness (QED) is 0.824. The number of aliphatic hydroxyl groups is 1. The second-order valence-electron chi connectivity index (χ2n) is 4.69. The molecule has 0 spiro atoms. The first-order chi connectivity index (χ1) is 8.79. The minimum atomic E-state index is -3.71. The van der Waals surface area contributed by atoms with Crippen molar-refractivity contribution in [3.8, 4) is 0 Å². The van der Waals surface area contributed by atoms with Gasteiger partial charge in [0.15, 0.2) is 0 Å². The summed E-state index contributed by atoms with van der Waals surface area (Å²) >= 11 is 0. The molecule has 6 nitrogen and oxygen atoms in total. The maximum atomic E-state index is 11.9. The van der Waals surface area contributed by atoms with Crippen LogP contribution < -0.4 is 10.0 Å². The Bertz CT molecular complexity index is 598. The van der Waals surface area contributed by atoms with Gasteiger partial charge in [0.25, 0.3) is 0 Å². The summed E-state index contributed by atoms with van der Waals surface area (Å²) < 4.78 is 22.6. The van der Waals surface area contributed by atoms with Crippen LogP contribution in [0.25, 0.3) is 0 Å². The normalized spacial score (nSPS) is 21.7. The number of hydrogen-bond donors (Lipinski definition) is 2. The Morgan fingerprint density at radius 1 is 1.47 bits per heavy atom. The third-order valence-corrected chi connectivity index (χ3v) is 4.46. The Kier molecular flexibility index (Phi) is 3.62. The van der Waals surface area contributed by atoms with Crippen molar-refractivity contribution < 1.29 is 18.3 Å². The molecule has 3 N–H and O–H groups in total. The van der Waals surface area contributed by atoms with E-state index in [-0.39, 0.29) is 18.9 Å². The first-order valence-corrected chi connectivity index (χ1v) is 7.50. The molecule has 0 radical (unpaired) electrons. The van der Waals surface area contributed by atoms with Gasteiger partial charge in [-0.1, -0.05) is 12.1 Å². The van der Waals surface area contributed by atoms with E-state index in [9.17, 15) is 18.3 Å². The standard InChI is InChI=1S/C12H16N2O4S/c1-8(15)9-3-2-4-10(5-9)14-7-11(6-12(14)16)19(13,17)18/h2-5,8,11,15H,6-7H2,1H3,(H2,13,17,18). The highest BCUT2D eigenvalue weighted by Crippen LogP contribution is 2.26. The number of aliphatic hydroxyl groups excluding tert-OH is 1. The number of anilines is 1. The van der Waals surface area contributed by atoms with Crippen LogP contribution in [0.15, 0.2) is 24.3 Å². The lowest BCUT2D eigenvalue weighted by Gasteiger charge is -2.18. The molecule has 2 unspecified atom stereocenters. The molecule has 1 aromatic rings. The van der Waals surface area contributed by atoms with Crippen LogP contribution in [0.1, 0.15) is 25.0 Å². The number of benzene rings is 1. The lowest BCUT2D eigenvalue weighted by Crippen LogP contribution is -2.32. The Hall–Kier alpha value is -1.44. The van der Waals surface area contributed by atoms with Crippen LogP contribution in [-0.2, 0) is 14.8 Å². The molecular formula is C12H16N2O4S. The highest BCUT2D eigenvalue weighted by Gasteiger charge is 2.37. The van der Waals surface area contributed by atoms with Gasteiger partial charge in [-0.05, 0) is 24.6 Å². The van der Waals surface area contributed by atoms with Gasteiger partial charge in [0.2, 0.25) is 15.9 Å². The summed E-state index contributed by atoms with van der Waals surface area (Å²) in [7, 11) is -3.71. The van der Waals surface area contributed by atoms with Gasteiger partial charge >= 0.3 is 0 Å². The first-order valence-electron chi connectivity index (χ1n) is 5.89. The van der Waals surface area contributed by atoms with Crippen molar-refractivity contribution in [2.45, 2.75) is 24.7 Å². The van der Waals surface area contributed by atoms with E-state index in [4.69, 9.17) is 5.14 Å². The number of carbonyl (C=O) groups is 1. The van der Waals surface area contributed by atoms with Crippen LogP contribution in [0.2, 0.25) is 0 Å². The van der Waals surface area contributed by atoms with E-state index in [0.717, 1.165) is 0 Å². The number of hydrogen-bond acceptors (Lipinski definition) is 4. The molecule has 1 aliphatic rings. The Labute approximate surface area is 111 Å². The second-order valence-corrected chi connectivity index (χ2v) is 6.54. The fraction of sp³-hybridized carbons (Fsp3) is 0.417. The minimum Gasteiger partial charge on any atom is -0.389 e. The molecule has 2 rings (SSSR count). The molecule has 0 aliphatic carbocycles. The van der Waals surface area contributed by atoms with Crippen LogP contribution in [0.5, 0.6) is 0 Å². The first kappa shape index (κ1) is 14.0. The van der Waals surface area contributed by atoms with Crippen molar-refractivity contribution in [1.29, 1.82) is 0 Å². The molecule has 104 valence electrons. The van der Waals surface area contributed by atoms with Gasteiger partial charge in [0.1, 0.15) is 5.25 Å². The number of nitrogens with two attached hydrogens (primary N) is 1. The smallest absolute Gasteiger partial charge is 0.228 e. The molecule has 0 saturated carbocycles. The highest BCUT2D eigenvalue weighted by atomic mass is 32.2. The summed E-state index contributed by atoms with van der Waals surface area (Å²) in [6.45, 7) is 1.68. The highest BCUT2D eigenvalue weighted by molar-refractivity contribution is 7.89. The molecule has 0 bridgehead atoms. The molecule has 1 aliphatic heterocycles. The zero-order valence-corrected chi connectivity index (χ0v) is 11.3. The summed E-state index contributed by atoms with van der Waals surface area (Å²) in [4.78, 5) is 13.2. The molecule has 7 heteroatoms. The summed E-state index contributed by atoms with van der Waals surface area (Å²) in [6, 6.07) is 6.84. The fourth-order valence-electron chi connectivity index (χ4n) is 2.10. The van der Waals surface area contributed by atoms with Crippen molar-refractivity contribution >= 4 is 21.6 Å². The topological polar surface area (TPSA) is 101 Å². The Balaban J connectivity index is 2.28. The van der Waals surface area contributed by atoms with E-state index in [1.165, 1.54) is 4.90 Å². The third-order valence-electron chi connectivity index (χ3n) is 3.22. The predicted octanol–water partition coefficient (Wildman–Crippen LogP) is 0.134. The fourth-order valence-corrected chi connectivity index (χ4v) is 2.83. The lowest BCUT2D eigenvalue weighted by atomic mass is 10.1. The van der Waals surface area contributed by atoms with E-state index in [1.54, 1.807) is 31.2 Å². The number of amides is 1. The third kappa shape index (κ3) is 2.94. The molecule has 1 saturated heterocycles. The van der Waals surface area contributed by atoms with E-state index in [1.807, 2.05) is 0 Å². The van der Waals surface area contributed by atoms with Gasteiger partial charge in [-0.15, -0.1) is 0 Å². The molecule has 1 amide bonds. The number of rotatable bonds is 3. The Morgan fingerprint density at radius 2 is 2.16 bits per heavy atom. The lowest BCUT2D eigenvalue weighted by molar-refractivity contribution is -0.117. The number of carbonyl (C=O) groups excluding carboxylic acids is 1. The van der Waals surface area contributed by atoms with Crippen molar-refractivity contribution in [3.05, 3.63) is 29.8 Å². The van der Waals surface area contributed by atoms with Crippen LogP contribution >= 0.6 is 0 Å². The maximum Gasteiger partial charge on any atom is 0.228 e. The largest absolute Gasteiger partial charge is 0.389 e. The van der Waals surface area contributed by atoms with Crippen LogP contribution in [0, 0.1) is 0 Å². The molecular weight excluding hydrogens is 268 g/mol. The van der Waals surface area contributed by atoms with E-state index >= 15 is 0 Å². The molecule has 1 fully saturated rings. The zero-order valence-electron chi connectivity index (χ0n) is 10.5.